The fraction of sp³-hybridized carbons (Fsp3) is 0.222. The fourth-order valence-corrected chi connectivity index (χ4v) is 4.98. The molecule has 188 valence electrons. The highest BCUT2D eigenvalue weighted by Crippen LogP contribution is 2.41. The molecule has 6 rings (SSSR count). The average Bonchev–Trinajstić information content (AvgIpc) is 3.49. The second-order valence-corrected chi connectivity index (χ2v) is 9.31. The topological polar surface area (TPSA) is 76.9 Å². The van der Waals surface area contributed by atoms with Crippen LogP contribution in [0.25, 0.3) is 5.69 Å². The summed E-state index contributed by atoms with van der Waals surface area (Å²) >= 11 is 6.03. The van der Waals surface area contributed by atoms with Crippen molar-refractivity contribution in [2.75, 3.05) is 23.8 Å². The first-order valence-corrected chi connectivity index (χ1v) is 12.4. The van der Waals surface area contributed by atoms with Crippen LogP contribution in [0.3, 0.4) is 0 Å². The number of ether oxygens (including phenoxy) is 1. The largest absolute Gasteiger partial charge is 0.487 e. The smallest absolute Gasteiger partial charge is 0.229 e. The SMILES string of the molecule is Fc1ccc(C2CCc3c4nc(nc32)Nc2ccc(-n3cnc(Cl)c3)c(c2)OC/C=C/CCN4)c(F)c1. The van der Waals surface area contributed by atoms with E-state index in [0.29, 0.717) is 48.4 Å². The molecule has 2 aromatic heterocycles. The number of nitrogens with zero attached hydrogens (tertiary/aromatic N) is 4. The highest BCUT2D eigenvalue weighted by Gasteiger charge is 2.31. The first-order chi connectivity index (χ1) is 18.0. The maximum Gasteiger partial charge on any atom is 0.229 e. The van der Waals surface area contributed by atoms with Crippen molar-refractivity contribution in [3.8, 4) is 11.4 Å². The van der Waals surface area contributed by atoms with Gasteiger partial charge in [-0.15, -0.1) is 0 Å². The molecular weight excluding hydrogens is 498 g/mol. The summed E-state index contributed by atoms with van der Waals surface area (Å²) in [5.74, 6) is 0.291. The molecule has 10 heteroatoms. The van der Waals surface area contributed by atoms with Crippen LogP contribution in [0.15, 0.2) is 61.1 Å². The van der Waals surface area contributed by atoms with Gasteiger partial charge in [0.25, 0.3) is 0 Å². The number of hydrogen-bond donors (Lipinski definition) is 2. The molecule has 2 aliphatic rings. The number of aromatic nitrogens is 4. The van der Waals surface area contributed by atoms with E-state index in [1.807, 2.05) is 30.4 Å². The van der Waals surface area contributed by atoms with Crippen molar-refractivity contribution in [3.05, 3.63) is 94.7 Å². The third-order valence-electron chi connectivity index (χ3n) is 6.54. The van der Waals surface area contributed by atoms with Crippen molar-refractivity contribution in [1.82, 2.24) is 19.5 Å². The van der Waals surface area contributed by atoms with Crippen LogP contribution in [0, 0.1) is 11.6 Å². The van der Waals surface area contributed by atoms with Crippen LogP contribution in [-0.2, 0) is 6.42 Å². The molecule has 3 heterocycles. The van der Waals surface area contributed by atoms with E-state index < -0.39 is 11.6 Å². The maximum absolute atomic E-state index is 14.7. The van der Waals surface area contributed by atoms with Crippen LogP contribution in [0.5, 0.6) is 5.75 Å². The number of benzene rings is 2. The number of hydrogen-bond acceptors (Lipinski definition) is 6. The molecule has 1 aliphatic heterocycles. The summed E-state index contributed by atoms with van der Waals surface area (Å²) < 4.78 is 36.1. The van der Waals surface area contributed by atoms with Crippen LogP contribution in [0.4, 0.5) is 26.2 Å². The number of halogens is 3. The van der Waals surface area contributed by atoms with Crippen molar-refractivity contribution in [2.45, 2.75) is 25.2 Å². The fourth-order valence-electron chi connectivity index (χ4n) is 4.83. The van der Waals surface area contributed by atoms with E-state index in [0.717, 1.165) is 40.9 Å². The molecule has 2 aromatic carbocycles. The molecule has 4 bridgehead atoms. The van der Waals surface area contributed by atoms with Crippen molar-refractivity contribution in [1.29, 1.82) is 0 Å². The third kappa shape index (κ3) is 4.74. The highest BCUT2D eigenvalue weighted by molar-refractivity contribution is 6.29. The van der Waals surface area contributed by atoms with E-state index in [4.69, 9.17) is 26.3 Å². The van der Waals surface area contributed by atoms with Crippen LogP contribution in [-0.4, -0.2) is 32.7 Å². The number of nitrogens with one attached hydrogen (secondary N) is 2. The number of anilines is 3. The van der Waals surface area contributed by atoms with Crippen LogP contribution in [0.1, 0.15) is 35.6 Å². The Bertz CT molecular complexity index is 1500. The minimum absolute atomic E-state index is 0.286. The molecule has 0 saturated carbocycles. The Hall–Kier alpha value is -3.98. The van der Waals surface area contributed by atoms with E-state index in [9.17, 15) is 8.78 Å². The Morgan fingerprint density at radius 2 is 2.00 bits per heavy atom. The Labute approximate surface area is 217 Å². The molecule has 2 N–H and O–H groups in total. The molecule has 0 amide bonds. The van der Waals surface area contributed by atoms with E-state index in [2.05, 4.69) is 15.6 Å². The van der Waals surface area contributed by atoms with Crippen LogP contribution >= 0.6 is 11.6 Å². The molecule has 0 saturated heterocycles. The molecule has 0 radical (unpaired) electrons. The molecule has 1 atom stereocenters. The van der Waals surface area contributed by atoms with Crippen LogP contribution in [0.2, 0.25) is 5.15 Å². The Balaban J connectivity index is 1.41. The molecule has 0 spiro atoms. The lowest BCUT2D eigenvalue weighted by Gasteiger charge is -2.17. The zero-order chi connectivity index (χ0) is 25.4. The van der Waals surface area contributed by atoms with E-state index in [1.54, 1.807) is 17.1 Å². The highest BCUT2D eigenvalue weighted by atomic mass is 35.5. The first kappa shape index (κ1) is 23.4. The lowest BCUT2D eigenvalue weighted by Crippen LogP contribution is -2.11. The first-order valence-electron chi connectivity index (χ1n) is 12.0. The minimum Gasteiger partial charge on any atom is -0.487 e. The summed E-state index contributed by atoms with van der Waals surface area (Å²) in [7, 11) is 0. The number of imidazole rings is 1. The summed E-state index contributed by atoms with van der Waals surface area (Å²) in [5.41, 5.74) is 3.65. The van der Waals surface area contributed by atoms with Gasteiger partial charge in [-0.3, -0.25) is 0 Å². The van der Waals surface area contributed by atoms with Gasteiger partial charge < -0.3 is 19.9 Å². The normalized spacial score (nSPS) is 17.6. The van der Waals surface area contributed by atoms with E-state index in [1.165, 1.54) is 12.1 Å². The summed E-state index contributed by atoms with van der Waals surface area (Å²) in [4.78, 5) is 13.6. The Morgan fingerprint density at radius 1 is 1.08 bits per heavy atom. The molecule has 7 nitrogen and oxygen atoms in total. The van der Waals surface area contributed by atoms with Gasteiger partial charge in [0.1, 0.15) is 41.3 Å². The predicted octanol–water partition coefficient (Wildman–Crippen LogP) is 6.17. The molecule has 37 heavy (non-hydrogen) atoms. The standard InChI is InChI=1S/C27H23ClF2N6O/c28-24-14-36(15-32-24)22-9-5-17-13-23(22)37-11-3-1-2-10-31-26-20-8-7-19(25(20)34-27(33-17)35-26)18-6-4-16(29)12-21(18)30/h1,3-6,9,12-15,19H,2,7-8,10-11H2,(H2,31,33,34,35)/b3-1+. The monoisotopic (exact) mass is 520 g/mol. The zero-order valence-electron chi connectivity index (χ0n) is 19.7. The van der Waals surface area contributed by atoms with Crippen molar-refractivity contribution >= 4 is 29.1 Å². The molecule has 1 aliphatic carbocycles. The molecule has 1 unspecified atom stereocenters. The lowest BCUT2D eigenvalue weighted by atomic mass is 9.96. The summed E-state index contributed by atoms with van der Waals surface area (Å²) in [6, 6.07) is 9.37. The van der Waals surface area contributed by atoms with E-state index in [-0.39, 0.29) is 5.92 Å². The predicted molar refractivity (Wildman–Crippen MR) is 138 cm³/mol. The second kappa shape index (κ2) is 9.82. The Morgan fingerprint density at radius 3 is 2.84 bits per heavy atom. The van der Waals surface area contributed by atoms with Gasteiger partial charge in [0.2, 0.25) is 5.95 Å². The maximum atomic E-state index is 14.7. The summed E-state index contributed by atoms with van der Waals surface area (Å²) in [6.45, 7) is 1.07. The van der Waals surface area contributed by atoms with Gasteiger partial charge in [0, 0.05) is 42.0 Å². The average molecular weight is 521 g/mol. The molecule has 4 aromatic rings. The van der Waals surface area contributed by atoms with Crippen LogP contribution < -0.4 is 15.4 Å². The quantitative estimate of drug-likeness (QED) is 0.308. The van der Waals surface area contributed by atoms with Crippen molar-refractivity contribution in [2.24, 2.45) is 0 Å². The summed E-state index contributed by atoms with van der Waals surface area (Å²) in [5, 5.41) is 7.08. The summed E-state index contributed by atoms with van der Waals surface area (Å²) in [6.07, 6.45) is 9.50. The minimum atomic E-state index is -0.596. The van der Waals surface area contributed by atoms with Gasteiger partial charge in [0.05, 0.1) is 11.4 Å². The van der Waals surface area contributed by atoms with E-state index >= 15 is 0 Å². The van der Waals surface area contributed by atoms with Gasteiger partial charge in [-0.1, -0.05) is 29.8 Å². The Kier molecular flexibility index (Phi) is 6.21. The second-order valence-electron chi connectivity index (χ2n) is 8.93. The molecular formula is C27H23ClF2N6O. The van der Waals surface area contributed by atoms with Crippen molar-refractivity contribution in [3.63, 3.8) is 0 Å². The van der Waals surface area contributed by atoms with Gasteiger partial charge in [0.15, 0.2) is 0 Å². The third-order valence-corrected chi connectivity index (χ3v) is 6.74. The zero-order valence-corrected chi connectivity index (χ0v) is 20.5. The van der Waals surface area contributed by atoms with Gasteiger partial charge >= 0.3 is 0 Å². The van der Waals surface area contributed by atoms with Gasteiger partial charge in [-0.2, -0.15) is 4.98 Å². The van der Waals surface area contributed by atoms with Crippen molar-refractivity contribution < 1.29 is 13.5 Å². The number of rotatable bonds is 2. The molecule has 0 fully saturated rings. The van der Waals surface area contributed by atoms with Gasteiger partial charge in [-0.25, -0.2) is 18.7 Å². The van der Waals surface area contributed by atoms with Gasteiger partial charge in [-0.05, 0) is 43.0 Å². The lowest BCUT2D eigenvalue weighted by molar-refractivity contribution is 0.361. The number of fused-ring (bicyclic) bond motifs is 6.